The molecule has 1 aromatic carbocycles. The van der Waals surface area contributed by atoms with Gasteiger partial charge in [0.1, 0.15) is 0 Å². The Morgan fingerprint density at radius 3 is 2.26 bits per heavy atom. The van der Waals surface area contributed by atoms with E-state index in [4.69, 9.17) is 0 Å². The van der Waals surface area contributed by atoms with Crippen LogP contribution in [0.25, 0.3) is 0 Å². The Morgan fingerprint density at radius 2 is 1.78 bits per heavy atom. The highest BCUT2D eigenvalue weighted by Gasteiger charge is 2.54. The molecule has 1 aromatic rings. The summed E-state index contributed by atoms with van der Waals surface area (Å²) in [6.45, 7) is 6.23. The highest BCUT2D eigenvalue weighted by atomic mass is 32.2. The van der Waals surface area contributed by atoms with Crippen LogP contribution in [0.5, 0.6) is 0 Å². The molecule has 126 valence electrons. The zero-order chi connectivity index (χ0) is 17.0. The van der Waals surface area contributed by atoms with E-state index in [1.54, 1.807) is 12.1 Å². The number of rotatable bonds is 3. The maximum absolute atomic E-state index is 13.0. The molecule has 0 amide bonds. The molecule has 2 saturated heterocycles. The Balaban J connectivity index is 1.92. The Bertz CT molecular complexity index is 718. The third-order valence-corrected chi connectivity index (χ3v) is 7.08. The molecule has 5 nitrogen and oxygen atoms in total. The van der Waals surface area contributed by atoms with Crippen molar-refractivity contribution in [1.29, 1.82) is 0 Å². The molecule has 3 unspecified atom stereocenters. The summed E-state index contributed by atoms with van der Waals surface area (Å²) < 4.78 is 27.4. The summed E-state index contributed by atoms with van der Waals surface area (Å²) in [6, 6.07) is 6.41. The number of carboxylic acids is 1. The normalized spacial score (nSPS) is 28.2. The molecule has 2 heterocycles. The third-order valence-electron chi connectivity index (χ3n) is 5.09. The van der Waals surface area contributed by atoms with Crippen LogP contribution < -0.4 is 0 Å². The van der Waals surface area contributed by atoms with E-state index in [2.05, 4.69) is 20.8 Å². The first-order chi connectivity index (χ1) is 10.6. The number of fused-ring (bicyclic) bond motifs is 2. The van der Waals surface area contributed by atoms with E-state index in [0.29, 0.717) is 12.8 Å². The van der Waals surface area contributed by atoms with E-state index in [1.165, 1.54) is 4.31 Å². The lowest BCUT2D eigenvalue weighted by Crippen LogP contribution is -2.37. The average Bonchev–Trinajstić information content (AvgIpc) is 3.05. The maximum atomic E-state index is 13.0. The molecule has 3 atom stereocenters. The minimum atomic E-state index is -3.63. The highest BCUT2D eigenvalue weighted by molar-refractivity contribution is 7.89. The van der Waals surface area contributed by atoms with Gasteiger partial charge < -0.3 is 5.11 Å². The molecular weight excluding hydrogens is 314 g/mol. The van der Waals surface area contributed by atoms with Crippen molar-refractivity contribution < 1.29 is 18.3 Å². The number of carbonyl (C=O) groups is 1. The van der Waals surface area contributed by atoms with Crippen molar-refractivity contribution in [2.45, 2.75) is 62.4 Å². The first-order valence-corrected chi connectivity index (χ1v) is 9.43. The summed E-state index contributed by atoms with van der Waals surface area (Å²) in [6.07, 6.45) is 1.83. The van der Waals surface area contributed by atoms with Crippen molar-refractivity contribution in [2.24, 2.45) is 5.92 Å². The Labute approximate surface area is 137 Å². The average molecular weight is 337 g/mol. The van der Waals surface area contributed by atoms with Gasteiger partial charge in [-0.3, -0.25) is 4.79 Å². The van der Waals surface area contributed by atoms with Crippen LogP contribution in [0.1, 0.15) is 45.6 Å². The zero-order valence-electron chi connectivity index (χ0n) is 13.7. The van der Waals surface area contributed by atoms with Gasteiger partial charge in [-0.15, -0.1) is 0 Å². The molecule has 0 saturated carbocycles. The Hall–Kier alpha value is -1.40. The molecular formula is C17H23NO4S. The second-order valence-corrected chi connectivity index (χ2v) is 9.43. The Kier molecular flexibility index (Phi) is 3.80. The van der Waals surface area contributed by atoms with Crippen molar-refractivity contribution in [3.8, 4) is 0 Å². The fraction of sp³-hybridized carbons (Fsp3) is 0.588. The zero-order valence-corrected chi connectivity index (χ0v) is 14.5. The first kappa shape index (κ1) is 16.5. The molecule has 2 bridgehead atoms. The summed E-state index contributed by atoms with van der Waals surface area (Å²) in [4.78, 5) is 11.6. The monoisotopic (exact) mass is 337 g/mol. The lowest BCUT2D eigenvalue weighted by atomic mass is 9.87. The summed E-state index contributed by atoms with van der Waals surface area (Å²) in [5, 5.41) is 9.29. The van der Waals surface area contributed by atoms with Gasteiger partial charge in [0.15, 0.2) is 0 Å². The number of sulfonamides is 1. The van der Waals surface area contributed by atoms with Crippen molar-refractivity contribution in [2.75, 3.05) is 0 Å². The van der Waals surface area contributed by atoms with E-state index < -0.39 is 28.0 Å². The number of hydrogen-bond acceptors (Lipinski definition) is 3. The first-order valence-electron chi connectivity index (χ1n) is 7.99. The minimum Gasteiger partial charge on any atom is -0.481 e. The van der Waals surface area contributed by atoms with Crippen LogP contribution in [0, 0.1) is 5.92 Å². The largest absolute Gasteiger partial charge is 0.481 e. The van der Waals surface area contributed by atoms with Crippen LogP contribution in [-0.2, 0) is 20.2 Å². The van der Waals surface area contributed by atoms with Gasteiger partial charge in [-0.25, -0.2) is 8.42 Å². The van der Waals surface area contributed by atoms with E-state index in [1.807, 2.05) is 12.1 Å². The van der Waals surface area contributed by atoms with Crippen molar-refractivity contribution in [3.05, 3.63) is 29.8 Å². The number of benzene rings is 1. The predicted octanol–water partition coefficient (Wildman–Crippen LogP) is 2.61. The van der Waals surface area contributed by atoms with Gasteiger partial charge in [-0.2, -0.15) is 4.31 Å². The maximum Gasteiger partial charge on any atom is 0.308 e. The number of nitrogens with zero attached hydrogens (tertiary/aromatic N) is 1. The standard InChI is InChI=1S/C17H23NO4S/c1-17(2,3)11-4-7-13(8-5-11)23(21,22)18-12-6-9-15(18)14(10-12)16(19)20/h4-5,7-8,12,14-15H,6,9-10H2,1-3H3,(H,19,20). The number of hydrogen-bond donors (Lipinski definition) is 1. The molecule has 3 rings (SSSR count). The van der Waals surface area contributed by atoms with Crippen LogP contribution in [0.2, 0.25) is 0 Å². The molecule has 0 aliphatic carbocycles. The summed E-state index contributed by atoms with van der Waals surface area (Å²) in [7, 11) is -3.63. The highest BCUT2D eigenvalue weighted by Crippen LogP contribution is 2.45. The van der Waals surface area contributed by atoms with Crippen LogP contribution in [0.4, 0.5) is 0 Å². The summed E-state index contributed by atoms with van der Waals surface area (Å²) in [5.74, 6) is -1.46. The second kappa shape index (κ2) is 5.31. The van der Waals surface area contributed by atoms with Crippen LogP contribution in [0.3, 0.4) is 0 Å². The number of aliphatic carboxylic acids is 1. The topological polar surface area (TPSA) is 74.7 Å². The van der Waals surface area contributed by atoms with Crippen molar-refractivity contribution in [1.82, 2.24) is 4.31 Å². The molecule has 0 radical (unpaired) electrons. The van der Waals surface area contributed by atoms with E-state index >= 15 is 0 Å². The molecule has 2 aliphatic rings. The molecule has 0 spiro atoms. The fourth-order valence-electron chi connectivity index (χ4n) is 3.83. The molecule has 2 fully saturated rings. The van der Waals surface area contributed by atoms with Gasteiger partial charge in [0, 0.05) is 12.1 Å². The van der Waals surface area contributed by atoms with Gasteiger partial charge in [-0.05, 0) is 42.4 Å². The van der Waals surface area contributed by atoms with Crippen molar-refractivity contribution >= 4 is 16.0 Å². The third kappa shape index (κ3) is 2.68. The van der Waals surface area contributed by atoms with E-state index in [0.717, 1.165) is 12.0 Å². The van der Waals surface area contributed by atoms with Crippen LogP contribution in [-0.4, -0.2) is 35.9 Å². The van der Waals surface area contributed by atoms with Gasteiger partial charge >= 0.3 is 5.97 Å². The lowest BCUT2D eigenvalue weighted by Gasteiger charge is -2.23. The van der Waals surface area contributed by atoms with Crippen molar-refractivity contribution in [3.63, 3.8) is 0 Å². The SMILES string of the molecule is CC(C)(C)c1ccc(S(=O)(=O)N2C3CCC2C(C(=O)O)C3)cc1. The summed E-state index contributed by atoms with van der Waals surface area (Å²) >= 11 is 0. The Morgan fingerprint density at radius 1 is 1.17 bits per heavy atom. The minimum absolute atomic E-state index is 0.0383. The quantitative estimate of drug-likeness (QED) is 0.920. The lowest BCUT2D eigenvalue weighted by molar-refractivity contribution is -0.142. The summed E-state index contributed by atoms with van der Waals surface area (Å²) in [5.41, 5.74) is 1.04. The molecule has 2 aliphatic heterocycles. The van der Waals surface area contributed by atoms with E-state index in [9.17, 15) is 18.3 Å². The molecule has 23 heavy (non-hydrogen) atoms. The fourth-order valence-corrected chi connectivity index (χ4v) is 5.74. The van der Waals surface area contributed by atoms with Gasteiger partial charge in [0.2, 0.25) is 10.0 Å². The molecule has 1 N–H and O–H groups in total. The van der Waals surface area contributed by atoms with Crippen LogP contribution in [0.15, 0.2) is 29.2 Å². The van der Waals surface area contributed by atoms with Crippen LogP contribution >= 0.6 is 0 Å². The molecule has 6 heteroatoms. The second-order valence-electron chi connectivity index (χ2n) is 7.59. The van der Waals surface area contributed by atoms with Gasteiger partial charge in [0.25, 0.3) is 0 Å². The van der Waals surface area contributed by atoms with E-state index in [-0.39, 0.29) is 16.4 Å². The molecule has 0 aromatic heterocycles. The predicted molar refractivity (Wildman–Crippen MR) is 86.7 cm³/mol. The van der Waals surface area contributed by atoms with Gasteiger partial charge in [-0.1, -0.05) is 32.9 Å². The smallest absolute Gasteiger partial charge is 0.308 e. The number of carboxylic acid groups (broad SMARTS) is 1. The van der Waals surface area contributed by atoms with Gasteiger partial charge in [0.05, 0.1) is 10.8 Å².